The van der Waals surface area contributed by atoms with Crippen LogP contribution in [0.25, 0.3) is 0 Å². The summed E-state index contributed by atoms with van der Waals surface area (Å²) in [6.07, 6.45) is 0.823. The summed E-state index contributed by atoms with van der Waals surface area (Å²) in [5.41, 5.74) is 2.36. The first-order chi connectivity index (χ1) is 8.70. The van der Waals surface area contributed by atoms with Crippen LogP contribution >= 0.6 is 11.3 Å². The van der Waals surface area contributed by atoms with Gasteiger partial charge < -0.3 is 5.32 Å². The molecule has 2 aromatic rings. The Bertz CT molecular complexity index is 507. The predicted molar refractivity (Wildman–Crippen MR) is 75.6 cm³/mol. The average molecular weight is 263 g/mol. The molecule has 96 valence electrons. The molecule has 18 heavy (non-hydrogen) atoms. The minimum absolute atomic E-state index is 0.162. The first-order valence-electron chi connectivity index (χ1n) is 6.22. The van der Waals surface area contributed by atoms with Gasteiger partial charge in [-0.15, -0.1) is 11.3 Å². The molecule has 0 aliphatic carbocycles. The highest BCUT2D eigenvalue weighted by molar-refractivity contribution is 7.10. The van der Waals surface area contributed by atoms with Crippen molar-refractivity contribution in [2.45, 2.75) is 26.3 Å². The third-order valence-electron chi connectivity index (χ3n) is 3.05. The molecule has 0 radical (unpaired) electrons. The van der Waals surface area contributed by atoms with E-state index in [1.54, 1.807) is 23.5 Å². The van der Waals surface area contributed by atoms with Crippen LogP contribution in [0.1, 0.15) is 29.0 Å². The molecule has 1 aromatic heterocycles. The summed E-state index contributed by atoms with van der Waals surface area (Å²) in [6, 6.07) is 9.28. The first kappa shape index (κ1) is 13.2. The Hall–Kier alpha value is -1.19. The van der Waals surface area contributed by atoms with E-state index in [1.807, 2.05) is 6.07 Å². The van der Waals surface area contributed by atoms with Crippen molar-refractivity contribution < 1.29 is 4.39 Å². The number of hydrogen-bond acceptors (Lipinski definition) is 2. The third kappa shape index (κ3) is 3.18. The Morgan fingerprint density at radius 1 is 1.33 bits per heavy atom. The summed E-state index contributed by atoms with van der Waals surface area (Å²) in [7, 11) is 0. The molecule has 1 unspecified atom stereocenters. The van der Waals surface area contributed by atoms with E-state index in [9.17, 15) is 4.39 Å². The van der Waals surface area contributed by atoms with Gasteiger partial charge in [0.1, 0.15) is 5.82 Å². The van der Waals surface area contributed by atoms with Crippen molar-refractivity contribution in [3.8, 4) is 0 Å². The van der Waals surface area contributed by atoms with Gasteiger partial charge in [-0.05, 0) is 54.6 Å². The normalized spacial score (nSPS) is 12.6. The maximum absolute atomic E-state index is 13.2. The Kier molecular flexibility index (Phi) is 4.50. The van der Waals surface area contributed by atoms with Gasteiger partial charge >= 0.3 is 0 Å². The average Bonchev–Trinajstić information content (AvgIpc) is 2.75. The smallest absolute Gasteiger partial charge is 0.123 e. The molecule has 0 aliphatic rings. The number of aryl methyl sites for hydroxylation is 1. The topological polar surface area (TPSA) is 12.0 Å². The molecule has 1 atom stereocenters. The molecule has 0 saturated carbocycles. The van der Waals surface area contributed by atoms with Crippen molar-refractivity contribution in [1.29, 1.82) is 0 Å². The van der Waals surface area contributed by atoms with Crippen molar-refractivity contribution in [2.24, 2.45) is 0 Å². The third-order valence-corrected chi connectivity index (χ3v) is 3.92. The van der Waals surface area contributed by atoms with Gasteiger partial charge in [0.2, 0.25) is 0 Å². The van der Waals surface area contributed by atoms with E-state index >= 15 is 0 Å². The molecule has 1 aromatic carbocycles. The van der Waals surface area contributed by atoms with Gasteiger partial charge in [0.05, 0.1) is 0 Å². The molecular formula is C15H18FNS. The van der Waals surface area contributed by atoms with E-state index in [2.05, 4.69) is 30.6 Å². The maximum Gasteiger partial charge on any atom is 0.123 e. The van der Waals surface area contributed by atoms with Gasteiger partial charge in [-0.2, -0.15) is 0 Å². The Morgan fingerprint density at radius 2 is 2.17 bits per heavy atom. The van der Waals surface area contributed by atoms with Crippen molar-refractivity contribution in [3.05, 3.63) is 57.5 Å². The second kappa shape index (κ2) is 6.12. The highest BCUT2D eigenvalue weighted by Gasteiger charge is 2.14. The Morgan fingerprint density at radius 3 is 2.78 bits per heavy atom. The van der Waals surface area contributed by atoms with Crippen LogP contribution in [0, 0.1) is 12.7 Å². The van der Waals surface area contributed by atoms with Crippen LogP contribution < -0.4 is 5.32 Å². The van der Waals surface area contributed by atoms with E-state index in [-0.39, 0.29) is 11.9 Å². The minimum atomic E-state index is -0.162. The summed E-state index contributed by atoms with van der Waals surface area (Å²) in [6.45, 7) is 5.14. The summed E-state index contributed by atoms with van der Waals surface area (Å²) >= 11 is 1.76. The lowest BCUT2D eigenvalue weighted by Crippen LogP contribution is -2.23. The largest absolute Gasteiger partial charge is 0.310 e. The van der Waals surface area contributed by atoms with Gasteiger partial charge in [0, 0.05) is 10.9 Å². The Labute approximate surface area is 112 Å². The first-order valence-corrected chi connectivity index (χ1v) is 7.10. The van der Waals surface area contributed by atoms with Crippen LogP contribution in [-0.4, -0.2) is 6.54 Å². The zero-order valence-electron chi connectivity index (χ0n) is 10.7. The second-order valence-electron chi connectivity index (χ2n) is 4.38. The van der Waals surface area contributed by atoms with Crippen LogP contribution in [0.3, 0.4) is 0 Å². The van der Waals surface area contributed by atoms with Crippen LogP contribution in [-0.2, 0) is 6.42 Å². The highest BCUT2D eigenvalue weighted by Crippen LogP contribution is 2.25. The lowest BCUT2D eigenvalue weighted by atomic mass is 9.99. The number of benzene rings is 1. The molecule has 0 aliphatic heterocycles. The van der Waals surface area contributed by atoms with Crippen molar-refractivity contribution in [3.63, 3.8) is 0 Å². The van der Waals surface area contributed by atoms with Gasteiger partial charge in [-0.1, -0.05) is 19.1 Å². The fraction of sp³-hybridized carbons (Fsp3) is 0.333. The molecule has 3 heteroatoms. The van der Waals surface area contributed by atoms with E-state index in [0.29, 0.717) is 0 Å². The van der Waals surface area contributed by atoms with E-state index in [4.69, 9.17) is 0 Å². The molecule has 1 nitrogen and oxygen atoms in total. The number of likely N-dealkylation sites (N-methyl/N-ethyl adjacent to an activating group) is 1. The summed E-state index contributed by atoms with van der Waals surface area (Å²) < 4.78 is 13.2. The van der Waals surface area contributed by atoms with Gasteiger partial charge in [0.25, 0.3) is 0 Å². The number of hydrogen-bond donors (Lipinski definition) is 1. The summed E-state index contributed by atoms with van der Waals surface area (Å²) in [5.74, 6) is -0.162. The molecule has 0 fully saturated rings. The standard InChI is InChI=1S/C15H18FNS/c1-3-17-15(14-7-8-18-11(14)2)10-12-5-4-6-13(16)9-12/h4-9,15,17H,3,10H2,1-2H3. The molecular weight excluding hydrogens is 245 g/mol. The van der Waals surface area contributed by atoms with Gasteiger partial charge in [-0.25, -0.2) is 4.39 Å². The van der Waals surface area contributed by atoms with E-state index in [0.717, 1.165) is 18.5 Å². The van der Waals surface area contributed by atoms with Gasteiger partial charge in [0.15, 0.2) is 0 Å². The monoisotopic (exact) mass is 263 g/mol. The lowest BCUT2D eigenvalue weighted by Gasteiger charge is -2.18. The SMILES string of the molecule is CCNC(Cc1cccc(F)c1)c1ccsc1C. The summed E-state index contributed by atoms with van der Waals surface area (Å²) in [4.78, 5) is 1.33. The number of rotatable bonds is 5. The van der Waals surface area contributed by atoms with E-state index < -0.39 is 0 Å². The zero-order valence-corrected chi connectivity index (χ0v) is 11.6. The zero-order chi connectivity index (χ0) is 13.0. The van der Waals surface area contributed by atoms with E-state index in [1.165, 1.54) is 16.5 Å². The molecule has 1 heterocycles. The number of nitrogens with one attached hydrogen (secondary N) is 1. The van der Waals surface area contributed by atoms with Crippen LogP contribution in [0.5, 0.6) is 0 Å². The maximum atomic E-state index is 13.2. The Balaban J connectivity index is 2.19. The predicted octanol–water partition coefficient (Wildman–Crippen LogP) is 4.09. The second-order valence-corrected chi connectivity index (χ2v) is 5.50. The van der Waals surface area contributed by atoms with Crippen molar-refractivity contribution in [2.75, 3.05) is 6.54 Å². The quantitative estimate of drug-likeness (QED) is 0.856. The number of thiophene rings is 1. The fourth-order valence-electron chi connectivity index (χ4n) is 2.19. The van der Waals surface area contributed by atoms with Gasteiger partial charge in [-0.3, -0.25) is 0 Å². The molecule has 1 N–H and O–H groups in total. The van der Waals surface area contributed by atoms with Crippen LogP contribution in [0.15, 0.2) is 35.7 Å². The molecule has 0 spiro atoms. The minimum Gasteiger partial charge on any atom is -0.310 e. The lowest BCUT2D eigenvalue weighted by molar-refractivity contribution is 0.546. The molecule has 0 amide bonds. The fourth-order valence-corrected chi connectivity index (χ4v) is 2.96. The van der Waals surface area contributed by atoms with Crippen LogP contribution in [0.2, 0.25) is 0 Å². The van der Waals surface area contributed by atoms with Crippen molar-refractivity contribution >= 4 is 11.3 Å². The number of halogens is 1. The highest BCUT2D eigenvalue weighted by atomic mass is 32.1. The van der Waals surface area contributed by atoms with Crippen molar-refractivity contribution in [1.82, 2.24) is 5.32 Å². The summed E-state index contributed by atoms with van der Waals surface area (Å²) in [5, 5.41) is 5.59. The molecule has 0 saturated heterocycles. The molecule has 0 bridgehead atoms. The van der Waals surface area contributed by atoms with Crippen LogP contribution in [0.4, 0.5) is 4.39 Å². The molecule has 2 rings (SSSR count).